The highest BCUT2D eigenvalue weighted by Crippen LogP contribution is 2.35. The minimum atomic E-state index is -0.903. The second kappa shape index (κ2) is 9.71. The third-order valence-electron chi connectivity index (χ3n) is 6.66. The molecule has 1 atom stereocenters. The Hall–Kier alpha value is -4.57. The van der Waals surface area contributed by atoms with Crippen molar-refractivity contribution in [2.45, 2.75) is 38.3 Å². The van der Waals surface area contributed by atoms with Crippen LogP contribution in [0, 0.1) is 5.82 Å². The first-order valence-electron chi connectivity index (χ1n) is 12.1. The molecular formula is C28H28FN7O2. The predicted octanol–water partition coefficient (Wildman–Crippen LogP) is 4.38. The summed E-state index contributed by atoms with van der Waals surface area (Å²) in [6, 6.07) is 17.8. The third kappa shape index (κ3) is 4.73. The van der Waals surface area contributed by atoms with Crippen LogP contribution in [0.1, 0.15) is 43.4 Å². The number of hydrogen-bond donors (Lipinski definition) is 3. The van der Waals surface area contributed by atoms with Crippen LogP contribution in [-0.4, -0.2) is 26.0 Å². The Balaban J connectivity index is 1.41. The molecule has 0 spiro atoms. The van der Waals surface area contributed by atoms with Crippen LogP contribution in [0.15, 0.2) is 83.7 Å². The maximum absolute atomic E-state index is 14.4. The third-order valence-corrected chi connectivity index (χ3v) is 6.66. The van der Waals surface area contributed by atoms with E-state index in [2.05, 4.69) is 25.9 Å². The lowest BCUT2D eigenvalue weighted by molar-refractivity contribution is -0.120. The maximum Gasteiger partial charge on any atom is 0.234 e. The smallest absolute Gasteiger partial charge is 0.234 e. The number of hydrazine groups is 1. The summed E-state index contributed by atoms with van der Waals surface area (Å²) in [6.07, 6.45) is 4.85. The lowest BCUT2D eigenvalue weighted by atomic mass is 9.84. The number of nitrogens with one attached hydrogen (secondary N) is 2. The Kier molecular flexibility index (Phi) is 6.41. The molecule has 1 unspecified atom stereocenters. The summed E-state index contributed by atoms with van der Waals surface area (Å²) < 4.78 is 19.5. The maximum atomic E-state index is 14.4. The van der Waals surface area contributed by atoms with E-state index in [1.165, 1.54) is 18.5 Å². The molecule has 1 aliphatic heterocycles. The molecule has 0 radical (unpaired) electrons. The fourth-order valence-electron chi connectivity index (χ4n) is 4.32. The van der Waals surface area contributed by atoms with Crippen molar-refractivity contribution in [3.63, 3.8) is 0 Å². The SMILES string of the molecule is CC1(c2ncc(NC(=O)C(C)(C)c3ccccc3)c(N)n2)C=C(c2ccon2)N(Cc2ccccc2F)N1. The van der Waals surface area contributed by atoms with Crippen molar-refractivity contribution in [3.8, 4) is 0 Å². The van der Waals surface area contributed by atoms with Crippen molar-refractivity contribution in [3.05, 3.63) is 108 Å². The second-order valence-electron chi connectivity index (χ2n) is 9.84. The first-order valence-corrected chi connectivity index (χ1v) is 12.1. The number of nitrogens with zero attached hydrogens (tertiary/aromatic N) is 4. The average Bonchev–Trinajstić information content (AvgIpc) is 3.55. The monoisotopic (exact) mass is 513 g/mol. The van der Waals surface area contributed by atoms with Gasteiger partial charge in [0.1, 0.15) is 29.0 Å². The summed E-state index contributed by atoms with van der Waals surface area (Å²) in [6.45, 7) is 5.78. The number of hydrogen-bond acceptors (Lipinski definition) is 8. The summed E-state index contributed by atoms with van der Waals surface area (Å²) in [5, 5.41) is 8.68. The highest BCUT2D eigenvalue weighted by atomic mass is 19.1. The largest absolute Gasteiger partial charge is 0.382 e. The van der Waals surface area contributed by atoms with Crippen LogP contribution in [0.25, 0.3) is 5.70 Å². The fraction of sp³-hybridized carbons (Fsp3) is 0.214. The fourth-order valence-corrected chi connectivity index (χ4v) is 4.32. The van der Waals surface area contributed by atoms with Crippen LogP contribution in [0.5, 0.6) is 0 Å². The molecule has 2 aromatic heterocycles. The van der Waals surface area contributed by atoms with Crippen molar-refractivity contribution >= 4 is 23.1 Å². The molecular weight excluding hydrogens is 485 g/mol. The van der Waals surface area contributed by atoms with Gasteiger partial charge >= 0.3 is 0 Å². The van der Waals surface area contributed by atoms with Crippen molar-refractivity contribution in [1.82, 2.24) is 25.6 Å². The minimum Gasteiger partial charge on any atom is -0.382 e. The number of anilines is 2. The minimum absolute atomic E-state index is 0.124. The summed E-state index contributed by atoms with van der Waals surface area (Å²) in [5.74, 6) is -0.0609. The molecule has 4 N–H and O–H groups in total. The lowest BCUT2D eigenvalue weighted by Crippen LogP contribution is -2.44. The van der Waals surface area contributed by atoms with E-state index in [9.17, 15) is 9.18 Å². The quantitative estimate of drug-likeness (QED) is 0.333. The van der Waals surface area contributed by atoms with Gasteiger partial charge in [0.05, 0.1) is 23.9 Å². The highest BCUT2D eigenvalue weighted by Gasteiger charge is 2.39. The molecule has 10 heteroatoms. The van der Waals surface area contributed by atoms with Gasteiger partial charge in [-0.25, -0.2) is 19.8 Å². The number of nitrogens with two attached hydrogens (primary N) is 1. The molecule has 1 aliphatic rings. The van der Waals surface area contributed by atoms with Gasteiger partial charge in [-0.1, -0.05) is 53.7 Å². The van der Waals surface area contributed by atoms with Gasteiger partial charge in [-0.3, -0.25) is 4.79 Å². The van der Waals surface area contributed by atoms with Crippen LogP contribution in [0.4, 0.5) is 15.9 Å². The van der Waals surface area contributed by atoms with Crippen molar-refractivity contribution in [2.24, 2.45) is 0 Å². The van der Waals surface area contributed by atoms with E-state index < -0.39 is 11.0 Å². The van der Waals surface area contributed by atoms with Crippen LogP contribution >= 0.6 is 0 Å². The Bertz CT molecular complexity index is 1490. The Morgan fingerprint density at radius 3 is 2.58 bits per heavy atom. The number of benzene rings is 2. The molecule has 0 aliphatic carbocycles. The summed E-state index contributed by atoms with van der Waals surface area (Å²) in [7, 11) is 0. The van der Waals surface area contributed by atoms with E-state index in [1.807, 2.05) is 57.2 Å². The zero-order chi connectivity index (χ0) is 26.9. The number of halogens is 1. The highest BCUT2D eigenvalue weighted by molar-refractivity contribution is 6.00. The molecule has 9 nitrogen and oxygen atoms in total. The van der Waals surface area contributed by atoms with Crippen LogP contribution in [-0.2, 0) is 22.3 Å². The van der Waals surface area contributed by atoms with E-state index in [-0.39, 0.29) is 24.1 Å². The van der Waals surface area contributed by atoms with Crippen LogP contribution in [0.3, 0.4) is 0 Å². The number of carbonyl (C=O) groups excluding carboxylic acids is 1. The van der Waals surface area contributed by atoms with Crippen LogP contribution < -0.4 is 16.5 Å². The van der Waals surface area contributed by atoms with Gasteiger partial charge in [0.25, 0.3) is 0 Å². The van der Waals surface area contributed by atoms with Gasteiger partial charge in [-0.2, -0.15) is 0 Å². The number of rotatable bonds is 7. The first-order chi connectivity index (χ1) is 18.2. The number of aromatic nitrogens is 3. The molecule has 4 aromatic rings. The molecule has 3 heterocycles. The van der Waals surface area contributed by atoms with E-state index in [0.717, 1.165) is 5.56 Å². The predicted molar refractivity (Wildman–Crippen MR) is 141 cm³/mol. The van der Waals surface area contributed by atoms with Gasteiger partial charge in [0.2, 0.25) is 5.91 Å². The van der Waals surface area contributed by atoms with Crippen molar-refractivity contribution in [1.29, 1.82) is 0 Å². The topological polar surface area (TPSA) is 122 Å². The zero-order valence-corrected chi connectivity index (χ0v) is 21.3. The Morgan fingerprint density at radius 1 is 1.16 bits per heavy atom. The van der Waals surface area contributed by atoms with E-state index in [4.69, 9.17) is 10.3 Å². The summed E-state index contributed by atoms with van der Waals surface area (Å²) in [5.41, 5.74) is 10.9. The van der Waals surface area contributed by atoms with Gasteiger partial charge < -0.3 is 20.6 Å². The van der Waals surface area contributed by atoms with E-state index in [1.54, 1.807) is 29.3 Å². The molecule has 0 fully saturated rings. The van der Waals surface area contributed by atoms with Crippen molar-refractivity contribution < 1.29 is 13.7 Å². The molecule has 0 bridgehead atoms. The first kappa shape index (κ1) is 25.1. The molecule has 2 aromatic carbocycles. The van der Waals surface area contributed by atoms with Gasteiger partial charge in [-0.05, 0) is 38.5 Å². The molecule has 38 heavy (non-hydrogen) atoms. The normalized spacial score (nSPS) is 17.4. The summed E-state index contributed by atoms with van der Waals surface area (Å²) >= 11 is 0. The Morgan fingerprint density at radius 2 is 1.89 bits per heavy atom. The standard InChI is InChI=1S/C28H28FN7O2/c1-27(2,19-10-5-4-6-11-19)26(37)32-22-16-31-25(33-24(22)30)28(3)15-23(21-13-14-38-34-21)36(35-28)17-18-9-7-8-12-20(18)29/h4-16,35H,17H2,1-3H3,(H,32,37)(H2,30,31,33). The molecule has 0 saturated heterocycles. The molecule has 0 saturated carbocycles. The van der Waals surface area contributed by atoms with Crippen LogP contribution in [0.2, 0.25) is 0 Å². The Labute approximate surface area is 219 Å². The zero-order valence-electron chi connectivity index (χ0n) is 21.3. The number of amides is 1. The van der Waals surface area contributed by atoms with Gasteiger partial charge in [0.15, 0.2) is 11.6 Å². The number of nitrogen functional groups attached to an aromatic ring is 1. The van der Waals surface area contributed by atoms with Crippen molar-refractivity contribution in [2.75, 3.05) is 11.1 Å². The molecule has 1 amide bonds. The lowest BCUT2D eigenvalue weighted by Gasteiger charge is -2.28. The average molecular weight is 514 g/mol. The van der Waals surface area contributed by atoms with E-state index >= 15 is 0 Å². The van der Waals surface area contributed by atoms with Gasteiger partial charge in [-0.15, -0.1) is 0 Å². The molecule has 194 valence electrons. The number of carbonyl (C=O) groups is 1. The van der Waals surface area contributed by atoms with E-state index in [0.29, 0.717) is 28.5 Å². The molecule has 5 rings (SSSR count). The second-order valence-corrected chi connectivity index (χ2v) is 9.84. The van der Waals surface area contributed by atoms with Gasteiger partial charge in [0, 0.05) is 11.6 Å². The summed E-state index contributed by atoms with van der Waals surface area (Å²) in [4.78, 5) is 22.1.